The van der Waals surface area contributed by atoms with Crippen molar-refractivity contribution in [3.8, 4) is 5.95 Å². The number of nitrogens with one attached hydrogen (secondary N) is 1. The van der Waals surface area contributed by atoms with Gasteiger partial charge in [0, 0.05) is 37.2 Å². The van der Waals surface area contributed by atoms with Crippen molar-refractivity contribution in [1.82, 2.24) is 19.7 Å². The lowest BCUT2D eigenvalue weighted by Crippen LogP contribution is -2.16. The van der Waals surface area contributed by atoms with Crippen molar-refractivity contribution >= 4 is 28.4 Å². The number of nitrogens with two attached hydrogens (primary N) is 1. The number of fused-ring (bicyclic) bond motifs is 2. The van der Waals surface area contributed by atoms with Gasteiger partial charge in [-0.05, 0) is 18.1 Å². The molecule has 156 valence electrons. The van der Waals surface area contributed by atoms with E-state index in [4.69, 9.17) is 10.7 Å². The van der Waals surface area contributed by atoms with Gasteiger partial charge in [-0.1, -0.05) is 30.3 Å². The maximum absolute atomic E-state index is 14.2. The number of nitrogens with zero attached hydrogens (tertiary/aromatic N) is 5. The van der Waals surface area contributed by atoms with E-state index in [1.807, 2.05) is 37.4 Å². The van der Waals surface area contributed by atoms with E-state index in [1.54, 1.807) is 0 Å². The summed E-state index contributed by atoms with van der Waals surface area (Å²) in [6.07, 6.45) is 2.30. The van der Waals surface area contributed by atoms with Gasteiger partial charge in [-0.3, -0.25) is 4.79 Å². The third kappa shape index (κ3) is 3.33. The predicted octanol–water partition coefficient (Wildman–Crippen LogP) is 2.66. The monoisotopic (exact) mass is 417 g/mol. The van der Waals surface area contributed by atoms with Gasteiger partial charge in [-0.15, -0.1) is 0 Å². The van der Waals surface area contributed by atoms with Crippen molar-refractivity contribution in [3.63, 3.8) is 0 Å². The smallest absolute Gasteiger partial charge is 0.255 e. The summed E-state index contributed by atoms with van der Waals surface area (Å²) in [5.41, 5.74) is 8.02. The molecule has 2 aromatic carbocycles. The number of carbonyl (C=O) groups excluding carboxylic acids is 1. The van der Waals surface area contributed by atoms with Crippen LogP contribution in [0, 0.1) is 5.82 Å². The number of hydrogen-bond donors (Lipinski definition) is 2. The summed E-state index contributed by atoms with van der Waals surface area (Å²) in [5.74, 6) is 0.505. The zero-order valence-corrected chi connectivity index (χ0v) is 16.8. The second-order valence-electron chi connectivity index (χ2n) is 7.49. The maximum atomic E-state index is 14.2. The zero-order chi connectivity index (χ0) is 21.5. The minimum atomic E-state index is -0.719. The fourth-order valence-corrected chi connectivity index (χ4v) is 3.87. The average Bonchev–Trinajstić information content (AvgIpc) is 3.36. The number of anilines is 2. The minimum Gasteiger partial charge on any atom is -0.366 e. The summed E-state index contributed by atoms with van der Waals surface area (Å²) in [6, 6.07) is 12.4. The molecule has 0 saturated heterocycles. The molecule has 2 aromatic heterocycles. The first-order valence-corrected chi connectivity index (χ1v) is 9.88. The van der Waals surface area contributed by atoms with Crippen LogP contribution in [0.5, 0.6) is 0 Å². The maximum Gasteiger partial charge on any atom is 0.255 e. The molecular formula is C22H20FN7O. The first kappa shape index (κ1) is 19.0. The van der Waals surface area contributed by atoms with Crippen molar-refractivity contribution in [2.75, 3.05) is 23.8 Å². The lowest BCUT2D eigenvalue weighted by atomic mass is 10.1. The molecule has 0 atom stereocenters. The molecule has 0 unspecified atom stereocenters. The Morgan fingerprint density at radius 3 is 2.81 bits per heavy atom. The number of carbonyl (C=O) groups is 1. The molecule has 1 aliphatic rings. The highest BCUT2D eigenvalue weighted by Gasteiger charge is 2.25. The number of halogens is 1. The molecule has 0 fully saturated rings. The lowest BCUT2D eigenvalue weighted by Gasteiger charge is -2.15. The Labute approximate surface area is 177 Å². The quantitative estimate of drug-likeness (QED) is 0.518. The van der Waals surface area contributed by atoms with Crippen LogP contribution in [-0.4, -0.2) is 39.2 Å². The fourth-order valence-electron chi connectivity index (χ4n) is 3.87. The molecule has 1 aliphatic heterocycles. The Hall–Kier alpha value is -4.01. The number of benzene rings is 2. The van der Waals surface area contributed by atoms with Gasteiger partial charge in [-0.25, -0.2) is 4.39 Å². The van der Waals surface area contributed by atoms with Gasteiger partial charge < -0.3 is 16.0 Å². The van der Waals surface area contributed by atoms with Gasteiger partial charge in [-0.2, -0.15) is 19.7 Å². The molecule has 0 radical (unpaired) electrons. The van der Waals surface area contributed by atoms with Crippen molar-refractivity contribution in [1.29, 1.82) is 0 Å². The molecule has 9 heteroatoms. The van der Waals surface area contributed by atoms with Crippen LogP contribution in [0.15, 0.2) is 48.7 Å². The Bertz CT molecular complexity index is 1300. The van der Waals surface area contributed by atoms with Crippen LogP contribution in [-0.2, 0) is 13.0 Å². The van der Waals surface area contributed by atoms with Crippen LogP contribution in [0.25, 0.3) is 16.9 Å². The standard InChI is InChI=1S/C22H20FN7O/c1-29-8-7-15-20(25-11-13-5-3-2-4-6-13)27-22(28-21(15)29)30-18-10-14(23)9-16(19(24)31)17(18)12-26-30/h2-6,9-10,12H,7-8,11H2,1H3,(H2,24,31)(H,25,27,28). The number of aromatic nitrogens is 4. The highest BCUT2D eigenvalue weighted by atomic mass is 19.1. The molecule has 0 aliphatic carbocycles. The van der Waals surface area contributed by atoms with E-state index < -0.39 is 11.7 Å². The molecule has 5 rings (SSSR count). The number of amides is 1. The molecule has 31 heavy (non-hydrogen) atoms. The second kappa shape index (κ2) is 7.35. The number of primary amides is 1. The molecule has 0 bridgehead atoms. The third-order valence-electron chi connectivity index (χ3n) is 5.44. The normalized spacial score (nSPS) is 12.9. The molecule has 8 nitrogen and oxygen atoms in total. The van der Waals surface area contributed by atoms with Gasteiger partial charge in [0.25, 0.3) is 5.95 Å². The number of rotatable bonds is 5. The Balaban J connectivity index is 1.62. The third-order valence-corrected chi connectivity index (χ3v) is 5.44. The summed E-state index contributed by atoms with van der Waals surface area (Å²) in [7, 11) is 1.97. The largest absolute Gasteiger partial charge is 0.366 e. The first-order valence-electron chi connectivity index (χ1n) is 9.88. The topological polar surface area (TPSA) is 102 Å². The second-order valence-corrected chi connectivity index (χ2v) is 7.49. The van der Waals surface area contributed by atoms with Gasteiger partial charge >= 0.3 is 0 Å². The highest BCUT2D eigenvalue weighted by Crippen LogP contribution is 2.32. The van der Waals surface area contributed by atoms with Crippen molar-refractivity contribution in [2.24, 2.45) is 5.73 Å². The van der Waals surface area contributed by atoms with E-state index in [0.29, 0.717) is 29.2 Å². The van der Waals surface area contributed by atoms with Gasteiger partial charge in [0.05, 0.1) is 17.3 Å². The Kier molecular flexibility index (Phi) is 4.50. The summed E-state index contributed by atoms with van der Waals surface area (Å²) >= 11 is 0. The average molecular weight is 417 g/mol. The molecule has 0 saturated carbocycles. The summed E-state index contributed by atoms with van der Waals surface area (Å²) < 4.78 is 15.6. The van der Waals surface area contributed by atoms with E-state index in [9.17, 15) is 9.18 Å². The Morgan fingerprint density at radius 1 is 1.23 bits per heavy atom. The van der Waals surface area contributed by atoms with Crippen LogP contribution in [0.2, 0.25) is 0 Å². The SMILES string of the molecule is CN1CCc2c(NCc3ccccc3)nc(-n3ncc4c(C(N)=O)cc(F)cc43)nc21. The number of likely N-dealkylation sites (N-methyl/N-ethyl adjacent to an activating group) is 1. The molecule has 1 amide bonds. The Morgan fingerprint density at radius 2 is 2.03 bits per heavy atom. The van der Waals surface area contributed by atoms with Crippen molar-refractivity contribution in [3.05, 3.63) is 71.2 Å². The van der Waals surface area contributed by atoms with E-state index in [2.05, 4.69) is 20.3 Å². The first-order chi connectivity index (χ1) is 15.0. The highest BCUT2D eigenvalue weighted by molar-refractivity contribution is 6.05. The van der Waals surface area contributed by atoms with E-state index >= 15 is 0 Å². The molecule has 4 aromatic rings. The van der Waals surface area contributed by atoms with Crippen LogP contribution in [0.3, 0.4) is 0 Å². The predicted molar refractivity (Wildman–Crippen MR) is 116 cm³/mol. The van der Waals surface area contributed by atoms with Gasteiger partial charge in [0.2, 0.25) is 5.91 Å². The fraction of sp³-hybridized carbons (Fsp3) is 0.182. The molecular weight excluding hydrogens is 397 g/mol. The molecule has 3 heterocycles. The molecule has 3 N–H and O–H groups in total. The van der Waals surface area contributed by atoms with Gasteiger partial charge in [0.15, 0.2) is 0 Å². The van der Waals surface area contributed by atoms with E-state index in [1.165, 1.54) is 16.9 Å². The summed E-state index contributed by atoms with van der Waals surface area (Å²) in [6.45, 7) is 1.43. The lowest BCUT2D eigenvalue weighted by molar-refractivity contribution is 0.100. The zero-order valence-electron chi connectivity index (χ0n) is 16.8. The number of hydrogen-bond acceptors (Lipinski definition) is 6. The van der Waals surface area contributed by atoms with E-state index in [0.717, 1.165) is 36.0 Å². The van der Waals surface area contributed by atoms with Crippen LogP contribution in [0.1, 0.15) is 21.5 Å². The minimum absolute atomic E-state index is 0.0713. The van der Waals surface area contributed by atoms with Crippen molar-refractivity contribution < 1.29 is 9.18 Å². The van der Waals surface area contributed by atoms with Crippen LogP contribution in [0.4, 0.5) is 16.0 Å². The van der Waals surface area contributed by atoms with Gasteiger partial charge in [0.1, 0.15) is 17.5 Å². The summed E-state index contributed by atoms with van der Waals surface area (Å²) in [4.78, 5) is 23.2. The van der Waals surface area contributed by atoms with Crippen molar-refractivity contribution in [2.45, 2.75) is 13.0 Å². The van der Waals surface area contributed by atoms with E-state index in [-0.39, 0.29) is 5.56 Å². The van der Waals surface area contributed by atoms with Crippen LogP contribution >= 0.6 is 0 Å². The summed E-state index contributed by atoms with van der Waals surface area (Å²) in [5, 5.41) is 8.19. The molecule has 0 spiro atoms. The van der Waals surface area contributed by atoms with Crippen LogP contribution < -0.4 is 16.0 Å².